The Balaban J connectivity index is 0.000000138. The second kappa shape index (κ2) is 26.7. The van der Waals surface area contributed by atoms with Crippen LogP contribution in [0.4, 0.5) is 22.7 Å². The third-order valence-electron chi connectivity index (χ3n) is 15.2. The number of benzene rings is 5. The van der Waals surface area contributed by atoms with Crippen LogP contribution in [0.25, 0.3) is 10.9 Å². The summed E-state index contributed by atoms with van der Waals surface area (Å²) in [5.74, 6) is 6.42. The fourth-order valence-electron chi connectivity index (χ4n) is 11.0. The van der Waals surface area contributed by atoms with Crippen molar-refractivity contribution in [1.29, 1.82) is 0 Å². The molecule has 0 saturated carbocycles. The normalized spacial score (nSPS) is 14.8. The van der Waals surface area contributed by atoms with Crippen LogP contribution in [0, 0.1) is 13.8 Å². The van der Waals surface area contributed by atoms with Crippen LogP contribution in [0.2, 0.25) is 10.0 Å². The number of aryl methyl sites for hydroxylation is 1. The molecule has 6 aromatic rings. The number of pyridine rings is 1. The molecule has 0 atom stereocenters. The maximum absolute atomic E-state index is 6.47. The van der Waals surface area contributed by atoms with Gasteiger partial charge in [-0.3, -0.25) is 4.98 Å². The summed E-state index contributed by atoms with van der Waals surface area (Å²) in [4.78, 5) is 9.23. The first-order valence-electron chi connectivity index (χ1n) is 28.3. The van der Waals surface area contributed by atoms with Gasteiger partial charge in [-0.25, -0.2) is 0 Å². The van der Waals surface area contributed by atoms with Crippen LogP contribution >= 0.6 is 23.2 Å². The molecule has 11 heteroatoms. The number of fused-ring (bicyclic) bond motifs is 4. The Morgan fingerprint density at radius 2 is 0.987 bits per heavy atom. The van der Waals surface area contributed by atoms with Crippen molar-refractivity contribution < 1.29 is 18.9 Å². The third-order valence-corrected chi connectivity index (χ3v) is 16.0. The number of nitrogens with zero attached hydrogens (tertiary/aromatic N) is 3. The topological polar surface area (TPSA) is 80.3 Å². The highest BCUT2D eigenvalue weighted by Crippen LogP contribution is 2.44. The van der Waals surface area contributed by atoms with E-state index in [0.717, 1.165) is 115 Å². The zero-order valence-electron chi connectivity index (χ0n) is 48.2. The van der Waals surface area contributed by atoms with Gasteiger partial charge in [-0.2, -0.15) is 0 Å². The van der Waals surface area contributed by atoms with Crippen LogP contribution in [0.1, 0.15) is 169 Å². The molecule has 0 amide bonds. The second-order valence-corrected chi connectivity index (χ2v) is 22.7. The van der Waals surface area contributed by atoms with Gasteiger partial charge in [0.15, 0.2) is 0 Å². The lowest BCUT2D eigenvalue weighted by Gasteiger charge is -2.33. The third kappa shape index (κ3) is 13.2. The number of anilines is 4. The monoisotopic (exact) mass is 1070 g/mol. The first-order chi connectivity index (χ1) is 36.5. The molecule has 0 spiro atoms. The molecule has 6 heterocycles. The number of likely N-dealkylation sites (N-methyl/N-ethyl adjacent to an activating group) is 2. The number of nitrogens with one attached hydrogen (secondary N) is 2. The molecule has 1 aromatic heterocycles. The Bertz CT molecular complexity index is 2760. The molecule has 0 aliphatic carbocycles. The number of rotatable bonds is 7. The van der Waals surface area contributed by atoms with Crippen LogP contribution in [0.5, 0.6) is 23.0 Å². The smallest absolute Gasteiger partial charge is 0.144 e. The van der Waals surface area contributed by atoms with E-state index in [1.54, 1.807) is 0 Å². The molecule has 11 rings (SSSR count). The van der Waals surface area contributed by atoms with Gasteiger partial charge >= 0.3 is 0 Å². The Morgan fingerprint density at radius 3 is 1.62 bits per heavy atom. The van der Waals surface area contributed by atoms with Gasteiger partial charge in [0.2, 0.25) is 0 Å². The summed E-state index contributed by atoms with van der Waals surface area (Å²) in [5, 5.41) is 9.68. The highest BCUT2D eigenvalue weighted by molar-refractivity contribution is 6.35. The Morgan fingerprint density at radius 1 is 0.487 bits per heavy atom. The van der Waals surface area contributed by atoms with Crippen molar-refractivity contribution in [2.75, 3.05) is 86.1 Å². The first-order valence-corrected chi connectivity index (χ1v) is 29.0. The van der Waals surface area contributed by atoms with Crippen molar-refractivity contribution in [3.8, 4) is 23.0 Å². The van der Waals surface area contributed by atoms with Crippen molar-refractivity contribution in [3.63, 3.8) is 0 Å². The summed E-state index contributed by atoms with van der Waals surface area (Å²) in [7, 11) is 0. The van der Waals surface area contributed by atoms with E-state index in [9.17, 15) is 0 Å². The molecule has 0 unspecified atom stereocenters. The van der Waals surface area contributed by atoms with E-state index in [4.69, 9.17) is 42.1 Å². The largest absolute Gasteiger partial charge is 0.493 e. The van der Waals surface area contributed by atoms with Gasteiger partial charge in [0.1, 0.15) is 42.8 Å². The summed E-state index contributed by atoms with van der Waals surface area (Å²) in [6.45, 7) is 39.8. The van der Waals surface area contributed by atoms with Crippen molar-refractivity contribution in [3.05, 3.63) is 133 Å². The lowest BCUT2D eigenvalue weighted by molar-refractivity contribution is 0.308. The number of halogens is 2. The van der Waals surface area contributed by atoms with Gasteiger partial charge in [0.25, 0.3) is 0 Å². The van der Waals surface area contributed by atoms with Crippen molar-refractivity contribution in [2.24, 2.45) is 0 Å². The lowest BCUT2D eigenvalue weighted by Crippen LogP contribution is -2.33. The van der Waals surface area contributed by atoms with E-state index in [1.807, 2.05) is 24.4 Å². The van der Waals surface area contributed by atoms with Gasteiger partial charge in [0, 0.05) is 49.9 Å². The maximum atomic E-state index is 6.47. The molecule has 0 saturated heterocycles. The Kier molecular flexibility index (Phi) is 20.4. The molecule has 5 aliphatic heterocycles. The standard InChI is InChI=1S/C14H15NO.C14H21NO.C13H18ClNO.C13H19N.C11H14ClNO/c1-9(2)11-3-4-12-13-10(6-8-16-12)5-7-15-14(11)13;1-5-15-8-9-16-13-7-6-12(10(2)3)11(4)14(13)15;1-4-15-7-8-16-11-6-5-10(9(2)3)12(14)13(11)15;1-9(2)12-7-6-11-5-4-8-14-13(11)10(12)3;1-7(2)8-3-4-9-11(10(8)12)13-5-6-14-9/h3-5,7,9H,6,8H2,1-2H3;6-7,10H,5,8-9H2,1-4H3;5-6,9H,4,7-8H2,1-3H3;6-7,9,14H,4-5,8H2,1-3H3;3-4,7,13H,5-6H2,1-2H3. The second-order valence-electron chi connectivity index (χ2n) is 22.0. The van der Waals surface area contributed by atoms with E-state index in [1.165, 1.54) is 79.7 Å². The van der Waals surface area contributed by atoms with Gasteiger partial charge in [-0.15, -0.1) is 0 Å². The number of ether oxygens (including phenoxy) is 4. The van der Waals surface area contributed by atoms with Crippen LogP contribution in [-0.4, -0.2) is 70.7 Å². The predicted molar refractivity (Wildman–Crippen MR) is 324 cm³/mol. The molecule has 0 bridgehead atoms. The first kappa shape index (κ1) is 58.2. The van der Waals surface area contributed by atoms with Crippen molar-refractivity contribution in [1.82, 2.24) is 4.98 Å². The van der Waals surface area contributed by atoms with Crippen LogP contribution in [0.15, 0.2) is 72.9 Å². The molecular weight excluding hydrogens is 986 g/mol. The van der Waals surface area contributed by atoms with Crippen LogP contribution < -0.4 is 39.4 Å². The molecule has 5 aromatic carbocycles. The van der Waals surface area contributed by atoms with E-state index >= 15 is 0 Å². The zero-order chi connectivity index (χ0) is 54.8. The van der Waals surface area contributed by atoms with Crippen LogP contribution in [-0.2, 0) is 12.8 Å². The summed E-state index contributed by atoms with van der Waals surface area (Å²) >= 11 is 12.8. The minimum atomic E-state index is 0.441. The molecule has 0 fully saturated rings. The molecule has 2 N–H and O–H groups in total. The molecular formula is C65H87Cl2N5O4. The Hall–Kier alpha value is -5.51. The molecule has 410 valence electrons. The fourth-order valence-corrected chi connectivity index (χ4v) is 12.0. The molecule has 9 nitrogen and oxygen atoms in total. The average Bonchev–Trinajstić information content (AvgIpc) is 3.41. The molecule has 76 heavy (non-hydrogen) atoms. The summed E-state index contributed by atoms with van der Waals surface area (Å²) in [5.41, 5.74) is 18.1. The van der Waals surface area contributed by atoms with Crippen molar-refractivity contribution >= 4 is 56.9 Å². The predicted octanol–water partition coefficient (Wildman–Crippen LogP) is 17.1. The summed E-state index contributed by atoms with van der Waals surface area (Å²) in [6, 6.07) is 23.4. The van der Waals surface area contributed by atoms with E-state index in [-0.39, 0.29) is 0 Å². The van der Waals surface area contributed by atoms with Gasteiger partial charge in [-0.1, -0.05) is 129 Å². The minimum Gasteiger partial charge on any atom is -0.493 e. The van der Waals surface area contributed by atoms with Gasteiger partial charge in [-0.05, 0) is 151 Å². The van der Waals surface area contributed by atoms with E-state index < -0.39 is 0 Å². The quantitative estimate of drug-likeness (QED) is 0.162. The summed E-state index contributed by atoms with van der Waals surface area (Å²) in [6.07, 6.45) is 5.42. The number of aromatic nitrogens is 1. The fraction of sp³-hybridized carbons (Fsp3) is 0.492. The average molecular weight is 1070 g/mol. The van der Waals surface area contributed by atoms with E-state index in [0.29, 0.717) is 36.2 Å². The minimum absolute atomic E-state index is 0.441. The SMILES string of the molecule is CC(C)c1ccc2c(c1Cl)NCCO2.CC(C)c1ccc2c3c(ccnc13)CCO2.CCN1CCOc2ccc(C(C)C)c(C)c21.CCN1CCOc2ccc(C(C)C)c(Cl)c21.Cc1c(C(C)C)ccc2c1NCCC2. The highest BCUT2D eigenvalue weighted by Gasteiger charge is 2.25. The van der Waals surface area contributed by atoms with Gasteiger partial charge in [0.05, 0.1) is 52.3 Å². The van der Waals surface area contributed by atoms with Crippen LogP contribution in [0.3, 0.4) is 0 Å². The van der Waals surface area contributed by atoms with Gasteiger partial charge < -0.3 is 39.4 Å². The molecule has 5 aliphatic rings. The lowest BCUT2D eigenvalue weighted by atomic mass is 9.91. The van der Waals surface area contributed by atoms with E-state index in [2.05, 4.69) is 171 Å². The summed E-state index contributed by atoms with van der Waals surface area (Å²) < 4.78 is 22.6. The maximum Gasteiger partial charge on any atom is 0.144 e. The zero-order valence-corrected chi connectivity index (χ0v) is 49.7. The number of hydrogen-bond acceptors (Lipinski definition) is 9. The number of hydrogen-bond donors (Lipinski definition) is 2. The molecule has 0 radical (unpaired) electrons. The highest BCUT2D eigenvalue weighted by atomic mass is 35.5. The Labute approximate surface area is 466 Å². The van der Waals surface area contributed by atoms with Crippen molar-refractivity contribution in [2.45, 2.75) is 146 Å².